The molecule has 2 aromatic heterocycles. The molecule has 0 saturated heterocycles. The minimum Gasteiger partial charge on any atom is -0.272 e. The summed E-state index contributed by atoms with van der Waals surface area (Å²) < 4.78 is 14.9. The molecule has 2 rings (SSSR count). The van der Waals surface area contributed by atoms with E-state index < -0.39 is 5.82 Å². The van der Waals surface area contributed by atoms with Crippen LogP contribution in [0.15, 0.2) is 0 Å². The van der Waals surface area contributed by atoms with Gasteiger partial charge in [0.15, 0.2) is 21.9 Å². The fraction of sp³-hybridized carbons (Fsp3) is 0.300. The lowest BCUT2D eigenvalue weighted by Crippen LogP contribution is -1.97. The summed E-state index contributed by atoms with van der Waals surface area (Å²) in [5.41, 5.74) is 2.32. The first-order valence-electron chi connectivity index (χ1n) is 4.81. The van der Waals surface area contributed by atoms with Crippen LogP contribution in [0.25, 0.3) is 11.4 Å². The fourth-order valence-electron chi connectivity index (χ4n) is 1.60. The molecule has 0 fully saturated rings. The first kappa shape index (κ1) is 12.3. The Labute approximate surface area is 107 Å². The predicted octanol–water partition coefficient (Wildman–Crippen LogP) is 2.94. The Morgan fingerprint density at radius 2 is 1.65 bits per heavy atom. The molecule has 7 heteroatoms. The molecule has 0 aromatic carbocycles. The van der Waals surface area contributed by atoms with Gasteiger partial charge in [-0.05, 0) is 13.8 Å². The molecule has 0 radical (unpaired) electrons. The number of hydrogen-bond acceptors (Lipinski definition) is 3. The van der Waals surface area contributed by atoms with Crippen LogP contribution in [0.2, 0.25) is 10.3 Å². The molecule has 0 spiro atoms. The van der Waals surface area contributed by atoms with E-state index in [1.54, 1.807) is 11.7 Å². The Balaban J connectivity index is 2.69. The summed E-state index contributed by atoms with van der Waals surface area (Å²) >= 11 is 11.3. The Hall–Kier alpha value is -1.20. The van der Waals surface area contributed by atoms with Gasteiger partial charge in [-0.25, -0.2) is 14.4 Å². The molecule has 17 heavy (non-hydrogen) atoms. The quantitative estimate of drug-likeness (QED) is 0.751. The van der Waals surface area contributed by atoms with E-state index in [4.69, 9.17) is 23.2 Å². The molecule has 4 nitrogen and oxygen atoms in total. The van der Waals surface area contributed by atoms with E-state index in [1.807, 2.05) is 13.8 Å². The van der Waals surface area contributed by atoms with Gasteiger partial charge in [0.2, 0.25) is 0 Å². The van der Waals surface area contributed by atoms with Crippen molar-refractivity contribution in [1.82, 2.24) is 19.7 Å². The van der Waals surface area contributed by atoms with Crippen LogP contribution in [0.4, 0.5) is 4.39 Å². The monoisotopic (exact) mass is 274 g/mol. The number of nitrogens with zero attached hydrogens (tertiary/aromatic N) is 4. The zero-order valence-corrected chi connectivity index (χ0v) is 10.9. The molecule has 0 aliphatic heterocycles. The standard InChI is InChI=1S/C10H9Cl2FN4/c1-4-6(5(2)17(3)16-4)10-14-8(11)7(13)9(12)15-10/h1-3H3. The summed E-state index contributed by atoms with van der Waals surface area (Å²) in [6.07, 6.45) is 0. The summed E-state index contributed by atoms with van der Waals surface area (Å²) in [6.45, 7) is 3.68. The number of aryl methyl sites for hydroxylation is 2. The lowest BCUT2D eigenvalue weighted by molar-refractivity contribution is 0.615. The van der Waals surface area contributed by atoms with E-state index in [9.17, 15) is 4.39 Å². The van der Waals surface area contributed by atoms with Gasteiger partial charge in [0, 0.05) is 12.7 Å². The third kappa shape index (κ3) is 2.00. The van der Waals surface area contributed by atoms with Crippen molar-refractivity contribution in [2.24, 2.45) is 7.05 Å². The highest BCUT2D eigenvalue weighted by molar-refractivity contribution is 6.33. The maximum absolute atomic E-state index is 13.2. The van der Waals surface area contributed by atoms with Gasteiger partial charge in [-0.3, -0.25) is 4.68 Å². The van der Waals surface area contributed by atoms with Crippen LogP contribution in [0.1, 0.15) is 11.4 Å². The molecule has 0 unspecified atom stereocenters. The average molecular weight is 275 g/mol. The van der Waals surface area contributed by atoms with E-state index in [0.29, 0.717) is 0 Å². The van der Waals surface area contributed by atoms with Crippen molar-refractivity contribution in [2.45, 2.75) is 13.8 Å². The molecule has 0 aliphatic carbocycles. The second-order valence-electron chi connectivity index (χ2n) is 3.61. The molecule has 0 atom stereocenters. The molecule has 90 valence electrons. The first-order valence-corrected chi connectivity index (χ1v) is 5.56. The van der Waals surface area contributed by atoms with Crippen molar-refractivity contribution in [3.63, 3.8) is 0 Å². The molecular weight excluding hydrogens is 266 g/mol. The zero-order chi connectivity index (χ0) is 12.7. The van der Waals surface area contributed by atoms with E-state index in [2.05, 4.69) is 15.1 Å². The van der Waals surface area contributed by atoms with E-state index in [1.165, 1.54) is 0 Å². The highest BCUT2D eigenvalue weighted by Gasteiger charge is 2.18. The Morgan fingerprint density at radius 1 is 1.12 bits per heavy atom. The molecule has 0 aliphatic rings. The van der Waals surface area contributed by atoms with Crippen LogP contribution in [-0.4, -0.2) is 19.7 Å². The Morgan fingerprint density at radius 3 is 2.06 bits per heavy atom. The van der Waals surface area contributed by atoms with Crippen molar-refractivity contribution in [3.8, 4) is 11.4 Å². The van der Waals surface area contributed by atoms with Crippen molar-refractivity contribution >= 4 is 23.2 Å². The SMILES string of the molecule is Cc1nn(C)c(C)c1-c1nc(Cl)c(F)c(Cl)n1. The van der Waals surface area contributed by atoms with E-state index >= 15 is 0 Å². The Bertz CT molecular complexity index is 571. The topological polar surface area (TPSA) is 43.6 Å². The summed E-state index contributed by atoms with van der Waals surface area (Å²) in [6, 6.07) is 0. The van der Waals surface area contributed by atoms with Crippen LogP contribution in [-0.2, 0) is 7.05 Å². The van der Waals surface area contributed by atoms with Gasteiger partial charge in [-0.2, -0.15) is 5.10 Å². The Kier molecular flexibility index (Phi) is 3.05. The van der Waals surface area contributed by atoms with Crippen LogP contribution in [0, 0.1) is 19.7 Å². The van der Waals surface area contributed by atoms with Crippen molar-refractivity contribution in [2.75, 3.05) is 0 Å². The largest absolute Gasteiger partial charge is 0.272 e. The highest BCUT2D eigenvalue weighted by atomic mass is 35.5. The van der Waals surface area contributed by atoms with E-state index in [-0.39, 0.29) is 16.1 Å². The molecule has 2 heterocycles. The molecule has 0 saturated carbocycles. The van der Waals surface area contributed by atoms with Crippen molar-refractivity contribution in [3.05, 3.63) is 27.5 Å². The van der Waals surface area contributed by atoms with Crippen molar-refractivity contribution in [1.29, 1.82) is 0 Å². The first-order chi connectivity index (χ1) is 7.91. The second kappa shape index (κ2) is 4.23. The molecular formula is C10H9Cl2FN4. The average Bonchev–Trinajstić information content (AvgIpc) is 2.49. The highest BCUT2D eigenvalue weighted by Crippen LogP contribution is 2.27. The fourth-order valence-corrected chi connectivity index (χ4v) is 1.99. The van der Waals surface area contributed by atoms with Gasteiger partial charge < -0.3 is 0 Å². The number of rotatable bonds is 1. The predicted molar refractivity (Wildman–Crippen MR) is 63.7 cm³/mol. The number of aromatic nitrogens is 4. The van der Waals surface area contributed by atoms with Gasteiger partial charge in [0.05, 0.1) is 11.3 Å². The summed E-state index contributed by atoms with van der Waals surface area (Å²) in [7, 11) is 1.80. The molecule has 0 amide bonds. The van der Waals surface area contributed by atoms with Crippen LogP contribution < -0.4 is 0 Å². The van der Waals surface area contributed by atoms with Gasteiger partial charge in [0.1, 0.15) is 0 Å². The van der Waals surface area contributed by atoms with Gasteiger partial charge in [0.25, 0.3) is 0 Å². The summed E-state index contributed by atoms with van der Waals surface area (Å²) in [5.74, 6) is -0.527. The van der Waals surface area contributed by atoms with E-state index in [0.717, 1.165) is 17.0 Å². The maximum atomic E-state index is 13.2. The molecule has 0 bridgehead atoms. The minimum absolute atomic E-state index is 0.282. The van der Waals surface area contributed by atoms with Crippen LogP contribution >= 0.6 is 23.2 Å². The lowest BCUT2D eigenvalue weighted by atomic mass is 10.2. The maximum Gasteiger partial charge on any atom is 0.197 e. The van der Waals surface area contributed by atoms with Gasteiger partial charge in [-0.1, -0.05) is 23.2 Å². The van der Waals surface area contributed by atoms with Crippen molar-refractivity contribution < 1.29 is 4.39 Å². The summed E-state index contributed by atoms with van der Waals surface area (Å²) in [5, 5.41) is 3.65. The number of halogens is 3. The third-order valence-corrected chi connectivity index (χ3v) is 3.00. The summed E-state index contributed by atoms with van der Waals surface area (Å²) in [4.78, 5) is 7.76. The van der Waals surface area contributed by atoms with Gasteiger partial charge >= 0.3 is 0 Å². The molecule has 0 N–H and O–H groups in total. The van der Waals surface area contributed by atoms with Crippen LogP contribution in [0.5, 0.6) is 0 Å². The smallest absolute Gasteiger partial charge is 0.197 e. The zero-order valence-electron chi connectivity index (χ0n) is 9.42. The minimum atomic E-state index is -0.809. The number of hydrogen-bond donors (Lipinski definition) is 0. The van der Waals surface area contributed by atoms with Crippen LogP contribution in [0.3, 0.4) is 0 Å². The lowest BCUT2D eigenvalue weighted by Gasteiger charge is -2.03. The molecule has 2 aromatic rings. The third-order valence-electron chi connectivity index (χ3n) is 2.50. The van der Waals surface area contributed by atoms with Gasteiger partial charge in [-0.15, -0.1) is 0 Å². The normalized spacial score (nSPS) is 10.9. The second-order valence-corrected chi connectivity index (χ2v) is 4.33.